The van der Waals surface area contributed by atoms with Gasteiger partial charge in [0.2, 0.25) is 0 Å². The third-order valence-electron chi connectivity index (χ3n) is 1.84. The van der Waals surface area contributed by atoms with Gasteiger partial charge in [0.15, 0.2) is 5.16 Å². The molecule has 0 radical (unpaired) electrons. The summed E-state index contributed by atoms with van der Waals surface area (Å²) in [5, 5.41) is 17.6. The smallest absolute Gasteiger partial charge is 0.269 e. The van der Waals surface area contributed by atoms with Crippen LogP contribution in [0.25, 0.3) is 0 Å². The van der Waals surface area contributed by atoms with Crippen molar-refractivity contribution >= 4 is 11.8 Å². The van der Waals surface area contributed by atoms with Crippen molar-refractivity contribution in [3.8, 4) is 12.1 Å². The summed E-state index contributed by atoms with van der Waals surface area (Å²) in [4.78, 5) is 18.2. The molecule has 1 N–H and O–H groups in total. The van der Waals surface area contributed by atoms with Crippen LogP contribution in [-0.4, -0.2) is 15.7 Å². The minimum absolute atomic E-state index is 0.0724. The Hall–Kier alpha value is -1.79. The summed E-state index contributed by atoms with van der Waals surface area (Å²) in [6.07, 6.45) is 1.40. The average molecular weight is 234 g/mol. The van der Waals surface area contributed by atoms with Crippen LogP contribution < -0.4 is 5.56 Å². The van der Waals surface area contributed by atoms with E-state index in [2.05, 4.69) is 9.97 Å². The van der Waals surface area contributed by atoms with Crippen LogP contribution in [0, 0.1) is 22.7 Å². The second kappa shape index (κ2) is 5.94. The van der Waals surface area contributed by atoms with E-state index in [9.17, 15) is 4.79 Å². The molecule has 0 aliphatic rings. The third kappa shape index (κ3) is 2.85. The summed E-state index contributed by atoms with van der Waals surface area (Å²) in [7, 11) is 0. The van der Waals surface area contributed by atoms with Crippen molar-refractivity contribution in [3.05, 3.63) is 21.6 Å². The molecule has 0 atom stereocenters. The van der Waals surface area contributed by atoms with E-state index >= 15 is 0 Å². The predicted octanol–water partition coefficient (Wildman–Crippen LogP) is 1.21. The van der Waals surface area contributed by atoms with Crippen LogP contribution in [0.2, 0.25) is 0 Å². The van der Waals surface area contributed by atoms with Crippen LogP contribution in [0.15, 0.2) is 9.95 Å². The van der Waals surface area contributed by atoms with Crippen LogP contribution in [0.1, 0.15) is 24.6 Å². The molecule has 1 rings (SSSR count). The summed E-state index contributed by atoms with van der Waals surface area (Å²) in [6.45, 7) is 1.95. The van der Waals surface area contributed by atoms with Crippen molar-refractivity contribution in [3.63, 3.8) is 0 Å². The van der Waals surface area contributed by atoms with Gasteiger partial charge in [-0.3, -0.25) is 4.79 Å². The Labute approximate surface area is 97.1 Å². The van der Waals surface area contributed by atoms with E-state index in [1.807, 2.05) is 19.1 Å². The molecular weight excluding hydrogens is 224 g/mol. The van der Waals surface area contributed by atoms with E-state index < -0.39 is 5.56 Å². The lowest BCUT2D eigenvalue weighted by atomic mass is 10.1. The molecule has 0 unspecified atom stereocenters. The molecule has 1 aromatic rings. The predicted molar refractivity (Wildman–Crippen MR) is 59.9 cm³/mol. The van der Waals surface area contributed by atoms with Gasteiger partial charge in [-0.2, -0.15) is 10.5 Å². The molecule has 6 heteroatoms. The number of thioether (sulfide) groups is 1. The average Bonchev–Trinajstić information content (AvgIpc) is 2.26. The van der Waals surface area contributed by atoms with Crippen LogP contribution in [0.3, 0.4) is 0 Å². The maximum Gasteiger partial charge on any atom is 0.269 e. The van der Waals surface area contributed by atoms with Gasteiger partial charge >= 0.3 is 0 Å². The lowest BCUT2D eigenvalue weighted by Crippen LogP contribution is -2.16. The van der Waals surface area contributed by atoms with Crippen molar-refractivity contribution < 1.29 is 0 Å². The first kappa shape index (κ1) is 12.3. The second-order valence-corrected chi connectivity index (χ2v) is 3.97. The number of nitriles is 2. The maximum absolute atomic E-state index is 11.5. The fraction of sp³-hybridized carbons (Fsp3) is 0.400. The molecule has 82 valence electrons. The quantitative estimate of drug-likeness (QED) is 0.624. The monoisotopic (exact) mass is 234 g/mol. The van der Waals surface area contributed by atoms with E-state index in [4.69, 9.17) is 10.5 Å². The summed E-state index contributed by atoms with van der Waals surface area (Å²) in [5.41, 5.74) is 0.152. The summed E-state index contributed by atoms with van der Waals surface area (Å²) in [5.74, 6) is 0.223. The Morgan fingerprint density at radius 3 is 2.81 bits per heavy atom. The number of aryl methyl sites for hydroxylation is 1. The zero-order chi connectivity index (χ0) is 12.0. The number of rotatable bonds is 4. The Morgan fingerprint density at radius 1 is 1.50 bits per heavy atom. The van der Waals surface area contributed by atoms with E-state index in [0.29, 0.717) is 17.3 Å². The van der Waals surface area contributed by atoms with Gasteiger partial charge in [-0.25, -0.2) is 4.98 Å². The molecule has 5 nitrogen and oxygen atoms in total. The molecule has 0 aliphatic heterocycles. The fourth-order valence-corrected chi connectivity index (χ4v) is 1.74. The maximum atomic E-state index is 11.5. The molecule has 0 saturated heterocycles. The molecule has 0 bridgehead atoms. The van der Waals surface area contributed by atoms with Crippen LogP contribution in [0.4, 0.5) is 0 Å². The normalized spacial score (nSPS) is 9.44. The largest absolute Gasteiger partial charge is 0.300 e. The topological polar surface area (TPSA) is 93.3 Å². The molecular formula is C10H10N4OS. The number of aromatic nitrogens is 2. The van der Waals surface area contributed by atoms with Crippen molar-refractivity contribution in [2.75, 3.05) is 5.75 Å². The fourth-order valence-electron chi connectivity index (χ4n) is 1.20. The van der Waals surface area contributed by atoms with Crippen molar-refractivity contribution in [2.45, 2.75) is 24.9 Å². The number of hydrogen-bond donors (Lipinski definition) is 1. The second-order valence-electron chi connectivity index (χ2n) is 3.00. The highest BCUT2D eigenvalue weighted by molar-refractivity contribution is 7.99. The number of aromatic amines is 1. The molecule has 1 aromatic heterocycles. The molecule has 0 amide bonds. The van der Waals surface area contributed by atoms with Gasteiger partial charge in [-0.05, 0) is 6.42 Å². The lowest BCUT2D eigenvalue weighted by Gasteiger charge is -2.03. The first-order valence-corrected chi connectivity index (χ1v) is 5.74. The highest BCUT2D eigenvalue weighted by atomic mass is 32.2. The first-order valence-electron chi connectivity index (χ1n) is 4.76. The van der Waals surface area contributed by atoms with Gasteiger partial charge in [0.25, 0.3) is 5.56 Å². The first-order chi connectivity index (χ1) is 7.72. The Kier molecular flexibility index (Phi) is 4.56. The number of nitrogens with zero attached hydrogens (tertiary/aromatic N) is 3. The molecule has 0 spiro atoms. The van der Waals surface area contributed by atoms with Gasteiger partial charge in [0, 0.05) is 0 Å². The van der Waals surface area contributed by atoms with E-state index in [-0.39, 0.29) is 11.3 Å². The van der Waals surface area contributed by atoms with Gasteiger partial charge in [0.1, 0.15) is 11.6 Å². The standard InChI is InChI=1S/C10H10N4OS/c1-2-3-8-7(6-12)9(15)14-10(13-8)16-5-4-11/h2-3,5H2,1H3,(H,13,14,15). The molecule has 16 heavy (non-hydrogen) atoms. The molecule has 1 heterocycles. The van der Waals surface area contributed by atoms with Crippen LogP contribution in [-0.2, 0) is 6.42 Å². The number of hydrogen-bond acceptors (Lipinski definition) is 5. The highest BCUT2D eigenvalue weighted by Gasteiger charge is 2.10. The van der Waals surface area contributed by atoms with Gasteiger partial charge in [-0.15, -0.1) is 0 Å². The Morgan fingerprint density at radius 2 is 2.25 bits per heavy atom. The van der Waals surface area contributed by atoms with Gasteiger partial charge < -0.3 is 4.98 Å². The van der Waals surface area contributed by atoms with Gasteiger partial charge in [-0.1, -0.05) is 25.1 Å². The Bertz CT molecular complexity index is 509. The van der Waals surface area contributed by atoms with E-state index in [1.54, 1.807) is 0 Å². The third-order valence-corrected chi connectivity index (χ3v) is 2.58. The van der Waals surface area contributed by atoms with Crippen molar-refractivity contribution in [2.24, 2.45) is 0 Å². The van der Waals surface area contributed by atoms with Gasteiger partial charge in [0.05, 0.1) is 17.5 Å². The summed E-state index contributed by atoms with van der Waals surface area (Å²) in [6, 6.07) is 3.80. The molecule has 0 saturated carbocycles. The highest BCUT2D eigenvalue weighted by Crippen LogP contribution is 2.12. The van der Waals surface area contributed by atoms with E-state index in [1.165, 1.54) is 0 Å². The SMILES string of the molecule is CCCc1nc(SCC#N)[nH]c(=O)c1C#N. The zero-order valence-corrected chi connectivity index (χ0v) is 9.60. The lowest BCUT2D eigenvalue weighted by molar-refractivity contribution is 0.810. The Balaban J connectivity index is 3.14. The van der Waals surface area contributed by atoms with Crippen LogP contribution in [0.5, 0.6) is 0 Å². The molecule has 0 aromatic carbocycles. The minimum atomic E-state index is -0.429. The van der Waals surface area contributed by atoms with E-state index in [0.717, 1.165) is 18.2 Å². The summed E-state index contributed by atoms with van der Waals surface area (Å²) < 4.78 is 0. The molecule has 0 fully saturated rings. The summed E-state index contributed by atoms with van der Waals surface area (Å²) >= 11 is 1.16. The number of nitrogens with one attached hydrogen (secondary N) is 1. The number of H-pyrrole nitrogens is 1. The van der Waals surface area contributed by atoms with Crippen molar-refractivity contribution in [1.29, 1.82) is 10.5 Å². The zero-order valence-electron chi connectivity index (χ0n) is 8.78. The minimum Gasteiger partial charge on any atom is -0.300 e. The van der Waals surface area contributed by atoms with Crippen molar-refractivity contribution in [1.82, 2.24) is 9.97 Å². The molecule has 0 aliphatic carbocycles. The van der Waals surface area contributed by atoms with Crippen LogP contribution >= 0.6 is 11.8 Å².